The molecule has 0 unspecified atom stereocenters. The Hall–Kier alpha value is -1.95. The van der Waals surface area contributed by atoms with Gasteiger partial charge in [-0.2, -0.15) is 0 Å². The van der Waals surface area contributed by atoms with Crippen molar-refractivity contribution in [1.82, 2.24) is 5.32 Å². The Morgan fingerprint density at radius 2 is 2.00 bits per heavy atom. The normalized spacial score (nSPS) is 14.1. The second-order valence-corrected chi connectivity index (χ2v) is 6.72. The summed E-state index contributed by atoms with van der Waals surface area (Å²) in [7, 11) is 1.47. The van der Waals surface area contributed by atoms with Crippen LogP contribution < -0.4 is 14.8 Å². The summed E-state index contributed by atoms with van der Waals surface area (Å²) in [5.41, 5.74) is 0.211. The lowest BCUT2D eigenvalue weighted by molar-refractivity contribution is -0.124. The van der Waals surface area contributed by atoms with Crippen LogP contribution in [0.4, 0.5) is 0 Å². The van der Waals surface area contributed by atoms with Crippen LogP contribution >= 0.6 is 11.6 Å². The number of methoxy groups -OCH3 is 1. The largest absolute Gasteiger partial charge is 0.493 e. The van der Waals surface area contributed by atoms with Crippen molar-refractivity contribution in [2.45, 2.75) is 51.5 Å². The molecular formula is C19H26ClNO5. The van der Waals surface area contributed by atoms with Crippen molar-refractivity contribution in [2.75, 3.05) is 20.3 Å². The number of carbonyl (C=O) groups excluding carboxylic acids is 2. The van der Waals surface area contributed by atoms with Gasteiger partial charge in [0.2, 0.25) is 0 Å². The molecule has 144 valence electrons. The van der Waals surface area contributed by atoms with E-state index in [1.54, 1.807) is 0 Å². The van der Waals surface area contributed by atoms with Gasteiger partial charge in [-0.05, 0) is 31.4 Å². The van der Waals surface area contributed by atoms with Crippen LogP contribution in [0.2, 0.25) is 5.02 Å². The highest BCUT2D eigenvalue weighted by molar-refractivity contribution is 6.32. The molecule has 26 heavy (non-hydrogen) atoms. The molecule has 1 aliphatic carbocycles. The summed E-state index contributed by atoms with van der Waals surface area (Å²) in [6.45, 7) is 2.26. The molecule has 0 atom stereocenters. The Morgan fingerprint density at radius 1 is 1.27 bits per heavy atom. The van der Waals surface area contributed by atoms with Gasteiger partial charge in [-0.25, -0.2) is 4.79 Å². The molecule has 2 rings (SSSR count). The van der Waals surface area contributed by atoms with Crippen LogP contribution in [0.5, 0.6) is 11.5 Å². The number of unbranched alkanes of at least 4 members (excludes halogenated alkanes) is 1. The number of nitrogens with one attached hydrogen (secondary N) is 1. The molecule has 0 radical (unpaired) electrons. The summed E-state index contributed by atoms with van der Waals surface area (Å²) in [6.07, 6.45) is 6.08. The Kier molecular flexibility index (Phi) is 8.04. The zero-order chi connectivity index (χ0) is 18.9. The van der Waals surface area contributed by atoms with E-state index in [1.165, 1.54) is 19.2 Å². The standard InChI is InChI=1S/C19H26ClNO5/c1-3-4-9-25-18-15(20)10-13(11-16(18)24-2)19(23)26-12-17(22)21-14-7-5-6-8-14/h10-11,14H,3-9,12H2,1-2H3,(H,21,22). The minimum Gasteiger partial charge on any atom is -0.493 e. The molecule has 1 aliphatic rings. The lowest BCUT2D eigenvalue weighted by atomic mass is 10.2. The molecule has 6 nitrogen and oxygen atoms in total. The lowest BCUT2D eigenvalue weighted by Crippen LogP contribution is -2.35. The second-order valence-electron chi connectivity index (χ2n) is 6.32. The van der Waals surface area contributed by atoms with Gasteiger partial charge in [-0.15, -0.1) is 0 Å². The van der Waals surface area contributed by atoms with E-state index in [-0.39, 0.29) is 29.1 Å². The molecule has 0 saturated heterocycles. The Balaban J connectivity index is 1.94. The van der Waals surface area contributed by atoms with Crippen molar-refractivity contribution in [2.24, 2.45) is 0 Å². The smallest absolute Gasteiger partial charge is 0.338 e. The maximum atomic E-state index is 12.2. The average molecular weight is 384 g/mol. The fourth-order valence-electron chi connectivity index (χ4n) is 2.85. The predicted octanol–water partition coefficient (Wildman–Crippen LogP) is 3.74. The highest BCUT2D eigenvalue weighted by Gasteiger charge is 2.20. The van der Waals surface area contributed by atoms with Gasteiger partial charge in [0.1, 0.15) is 0 Å². The summed E-state index contributed by atoms with van der Waals surface area (Å²) in [5, 5.41) is 3.14. The van der Waals surface area contributed by atoms with E-state index >= 15 is 0 Å². The SMILES string of the molecule is CCCCOc1c(Cl)cc(C(=O)OCC(=O)NC2CCCC2)cc1OC. The fourth-order valence-corrected chi connectivity index (χ4v) is 3.12. The molecule has 0 aliphatic heterocycles. The van der Waals surface area contributed by atoms with E-state index < -0.39 is 5.97 Å². The van der Waals surface area contributed by atoms with Crippen molar-refractivity contribution in [3.63, 3.8) is 0 Å². The summed E-state index contributed by atoms with van der Waals surface area (Å²) in [5.74, 6) is -0.163. The molecule has 0 heterocycles. The summed E-state index contributed by atoms with van der Waals surface area (Å²) in [4.78, 5) is 24.1. The van der Waals surface area contributed by atoms with E-state index in [4.69, 9.17) is 25.8 Å². The Labute approximate surface area is 159 Å². The highest BCUT2D eigenvalue weighted by atomic mass is 35.5. The topological polar surface area (TPSA) is 73.9 Å². The van der Waals surface area contributed by atoms with E-state index in [0.717, 1.165) is 38.5 Å². The molecule has 1 aromatic carbocycles. The van der Waals surface area contributed by atoms with Gasteiger partial charge in [0.05, 0.1) is 24.3 Å². The van der Waals surface area contributed by atoms with Crippen molar-refractivity contribution >= 4 is 23.5 Å². The number of rotatable bonds is 9. The molecule has 1 saturated carbocycles. The molecule has 1 amide bonds. The van der Waals surface area contributed by atoms with E-state index in [0.29, 0.717) is 18.1 Å². The molecule has 0 aromatic heterocycles. The molecule has 1 aromatic rings. The van der Waals surface area contributed by atoms with E-state index in [1.807, 2.05) is 0 Å². The van der Waals surface area contributed by atoms with Gasteiger partial charge < -0.3 is 19.5 Å². The van der Waals surface area contributed by atoms with Gasteiger partial charge in [0.15, 0.2) is 18.1 Å². The third-order valence-electron chi connectivity index (χ3n) is 4.26. The van der Waals surface area contributed by atoms with Crippen LogP contribution in [0.3, 0.4) is 0 Å². The number of halogens is 1. The van der Waals surface area contributed by atoms with E-state index in [2.05, 4.69) is 12.2 Å². The molecule has 0 bridgehead atoms. The maximum Gasteiger partial charge on any atom is 0.338 e. The summed E-state index contributed by atoms with van der Waals surface area (Å²) in [6, 6.07) is 3.16. The number of hydrogen-bond donors (Lipinski definition) is 1. The van der Waals surface area contributed by atoms with Crippen molar-refractivity contribution in [3.8, 4) is 11.5 Å². The zero-order valence-electron chi connectivity index (χ0n) is 15.3. The van der Waals surface area contributed by atoms with Crippen LogP contribution in [0.1, 0.15) is 55.8 Å². The first kappa shape index (κ1) is 20.4. The van der Waals surface area contributed by atoms with E-state index in [9.17, 15) is 9.59 Å². The molecule has 1 N–H and O–H groups in total. The van der Waals surface area contributed by atoms with Gasteiger partial charge in [-0.3, -0.25) is 4.79 Å². The van der Waals surface area contributed by atoms with Crippen LogP contribution in [0.15, 0.2) is 12.1 Å². The van der Waals surface area contributed by atoms with Crippen molar-refractivity contribution in [3.05, 3.63) is 22.7 Å². The first-order chi connectivity index (χ1) is 12.5. The molecule has 7 heteroatoms. The van der Waals surface area contributed by atoms with Crippen LogP contribution in [-0.2, 0) is 9.53 Å². The van der Waals surface area contributed by atoms with Crippen molar-refractivity contribution in [1.29, 1.82) is 0 Å². The van der Waals surface area contributed by atoms with Crippen LogP contribution in [0, 0.1) is 0 Å². The summed E-state index contributed by atoms with van der Waals surface area (Å²) < 4.78 is 16.0. The molecule has 1 fully saturated rings. The van der Waals surface area contributed by atoms with Gasteiger partial charge in [0.25, 0.3) is 5.91 Å². The Bertz CT molecular complexity index is 629. The van der Waals surface area contributed by atoms with Gasteiger partial charge in [0, 0.05) is 6.04 Å². The minimum absolute atomic E-state index is 0.190. The first-order valence-corrected chi connectivity index (χ1v) is 9.39. The van der Waals surface area contributed by atoms with Crippen LogP contribution in [0.25, 0.3) is 0 Å². The third kappa shape index (κ3) is 5.80. The highest BCUT2D eigenvalue weighted by Crippen LogP contribution is 2.36. The number of esters is 1. The maximum absolute atomic E-state index is 12.2. The van der Waals surface area contributed by atoms with Crippen molar-refractivity contribution < 1.29 is 23.8 Å². The lowest BCUT2D eigenvalue weighted by Gasteiger charge is -2.14. The van der Waals surface area contributed by atoms with Crippen LogP contribution in [-0.4, -0.2) is 38.2 Å². The fraction of sp³-hybridized carbons (Fsp3) is 0.579. The van der Waals surface area contributed by atoms with Gasteiger partial charge in [-0.1, -0.05) is 37.8 Å². The predicted molar refractivity (Wildman–Crippen MR) is 99.1 cm³/mol. The molecular weight excluding hydrogens is 358 g/mol. The number of carbonyl (C=O) groups is 2. The summed E-state index contributed by atoms with van der Waals surface area (Å²) >= 11 is 6.22. The Morgan fingerprint density at radius 3 is 2.65 bits per heavy atom. The number of hydrogen-bond acceptors (Lipinski definition) is 5. The molecule has 0 spiro atoms. The second kappa shape index (κ2) is 10.3. The first-order valence-electron chi connectivity index (χ1n) is 9.02. The third-order valence-corrected chi connectivity index (χ3v) is 4.54. The number of benzene rings is 1. The number of ether oxygens (including phenoxy) is 3. The monoisotopic (exact) mass is 383 g/mol. The zero-order valence-corrected chi connectivity index (χ0v) is 16.1. The quantitative estimate of drug-likeness (QED) is 0.519. The number of amides is 1. The van der Waals surface area contributed by atoms with Gasteiger partial charge >= 0.3 is 5.97 Å². The average Bonchev–Trinajstić information content (AvgIpc) is 3.13. The minimum atomic E-state index is -0.633.